The summed E-state index contributed by atoms with van der Waals surface area (Å²) in [5, 5.41) is 2.90. The molecule has 1 aromatic carbocycles. The predicted molar refractivity (Wildman–Crippen MR) is 102 cm³/mol. The highest BCUT2D eigenvalue weighted by molar-refractivity contribution is 5.83. The minimum atomic E-state index is -0.600. The standard InChI is InChI=1S/C21H29F2N3O2/c22-17-8-7-16(18(23)14-17)15-26-12-5-6-19(26)21(28)25-11-4-2-1-3-10-24-20(27)9-13-25/h7-8,14,19H,1-6,9-13,15H2,(H,24,27)/t19-/m0/s1. The molecule has 2 aliphatic heterocycles. The molecule has 0 spiro atoms. The molecule has 0 radical (unpaired) electrons. The van der Waals surface area contributed by atoms with Gasteiger partial charge in [0.15, 0.2) is 0 Å². The summed E-state index contributed by atoms with van der Waals surface area (Å²) in [6, 6.07) is 3.27. The lowest BCUT2D eigenvalue weighted by molar-refractivity contribution is -0.136. The summed E-state index contributed by atoms with van der Waals surface area (Å²) in [6.45, 7) is 2.77. The van der Waals surface area contributed by atoms with Gasteiger partial charge in [0.25, 0.3) is 0 Å². The number of nitrogens with zero attached hydrogens (tertiary/aromatic N) is 2. The number of hydrogen-bond donors (Lipinski definition) is 1. The van der Waals surface area contributed by atoms with Gasteiger partial charge in [0.1, 0.15) is 11.6 Å². The van der Waals surface area contributed by atoms with E-state index >= 15 is 0 Å². The molecule has 1 N–H and O–H groups in total. The van der Waals surface area contributed by atoms with Crippen LogP contribution in [0.5, 0.6) is 0 Å². The molecule has 0 saturated carbocycles. The van der Waals surface area contributed by atoms with Crippen LogP contribution < -0.4 is 5.32 Å². The Morgan fingerprint density at radius 3 is 2.71 bits per heavy atom. The lowest BCUT2D eigenvalue weighted by atomic mass is 10.1. The van der Waals surface area contributed by atoms with E-state index in [0.717, 1.165) is 44.6 Å². The second-order valence-corrected chi connectivity index (χ2v) is 7.70. The molecule has 28 heavy (non-hydrogen) atoms. The Morgan fingerprint density at radius 2 is 1.89 bits per heavy atom. The van der Waals surface area contributed by atoms with Gasteiger partial charge in [0.05, 0.1) is 6.04 Å². The van der Waals surface area contributed by atoms with E-state index in [1.54, 1.807) is 4.90 Å². The molecule has 0 bridgehead atoms. The third kappa shape index (κ3) is 5.50. The number of carbonyl (C=O) groups excluding carboxylic acids is 2. The van der Waals surface area contributed by atoms with Crippen molar-refractivity contribution in [2.24, 2.45) is 0 Å². The first kappa shape index (κ1) is 20.7. The molecule has 2 amide bonds. The van der Waals surface area contributed by atoms with E-state index in [9.17, 15) is 18.4 Å². The fourth-order valence-electron chi connectivity index (χ4n) is 4.04. The molecule has 0 aliphatic carbocycles. The predicted octanol–water partition coefficient (Wildman–Crippen LogP) is 2.84. The van der Waals surface area contributed by atoms with Crippen molar-refractivity contribution < 1.29 is 18.4 Å². The first-order valence-corrected chi connectivity index (χ1v) is 10.3. The van der Waals surface area contributed by atoms with Gasteiger partial charge in [-0.25, -0.2) is 8.78 Å². The minimum Gasteiger partial charge on any atom is -0.356 e. The van der Waals surface area contributed by atoms with Gasteiger partial charge in [-0.05, 0) is 38.3 Å². The maximum atomic E-state index is 14.0. The van der Waals surface area contributed by atoms with Crippen molar-refractivity contribution in [3.63, 3.8) is 0 Å². The van der Waals surface area contributed by atoms with Crippen LogP contribution in [0.3, 0.4) is 0 Å². The van der Waals surface area contributed by atoms with Crippen molar-refractivity contribution >= 4 is 11.8 Å². The first-order valence-electron chi connectivity index (χ1n) is 10.3. The van der Waals surface area contributed by atoms with Gasteiger partial charge >= 0.3 is 0 Å². The summed E-state index contributed by atoms with van der Waals surface area (Å²) in [4.78, 5) is 28.9. The third-order valence-corrected chi connectivity index (χ3v) is 5.63. The number of nitrogens with one attached hydrogen (secondary N) is 1. The number of rotatable bonds is 3. The first-order chi connectivity index (χ1) is 13.5. The highest BCUT2D eigenvalue weighted by atomic mass is 19.1. The molecular weight excluding hydrogens is 364 g/mol. The average molecular weight is 393 g/mol. The molecule has 2 aliphatic rings. The van der Waals surface area contributed by atoms with Crippen LogP contribution in [-0.2, 0) is 16.1 Å². The molecular formula is C21H29F2N3O2. The number of carbonyl (C=O) groups is 2. The fraction of sp³-hybridized carbons (Fsp3) is 0.619. The number of benzene rings is 1. The van der Waals surface area contributed by atoms with Crippen molar-refractivity contribution in [1.29, 1.82) is 0 Å². The van der Waals surface area contributed by atoms with Crippen LogP contribution in [0.15, 0.2) is 18.2 Å². The Hall–Kier alpha value is -2.02. The SMILES string of the molecule is O=C1CCN(C(=O)[C@@H]2CCCN2Cc2ccc(F)cc2F)CCCCCCN1. The van der Waals surface area contributed by atoms with E-state index in [1.165, 1.54) is 12.1 Å². The van der Waals surface area contributed by atoms with Crippen molar-refractivity contribution in [3.8, 4) is 0 Å². The zero-order valence-electron chi connectivity index (χ0n) is 16.3. The molecule has 1 atom stereocenters. The Bertz CT molecular complexity index is 698. The topological polar surface area (TPSA) is 52.7 Å². The van der Waals surface area contributed by atoms with Crippen molar-refractivity contribution in [2.45, 2.75) is 57.5 Å². The van der Waals surface area contributed by atoms with E-state index in [-0.39, 0.29) is 24.4 Å². The van der Waals surface area contributed by atoms with Crippen LogP contribution in [0.2, 0.25) is 0 Å². The number of likely N-dealkylation sites (tertiary alicyclic amines) is 1. The van der Waals surface area contributed by atoms with E-state index in [2.05, 4.69) is 5.32 Å². The number of hydrogen-bond acceptors (Lipinski definition) is 3. The average Bonchev–Trinajstić information content (AvgIpc) is 3.11. The van der Waals surface area contributed by atoms with Crippen molar-refractivity contribution in [1.82, 2.24) is 15.1 Å². The van der Waals surface area contributed by atoms with Crippen molar-refractivity contribution in [2.75, 3.05) is 26.2 Å². The van der Waals surface area contributed by atoms with Crippen LogP contribution >= 0.6 is 0 Å². The molecule has 0 unspecified atom stereocenters. The maximum absolute atomic E-state index is 14.0. The lowest BCUT2D eigenvalue weighted by Gasteiger charge is -2.30. The number of amides is 2. The second-order valence-electron chi connectivity index (χ2n) is 7.70. The lowest BCUT2D eigenvalue weighted by Crippen LogP contribution is -2.46. The van der Waals surface area contributed by atoms with Gasteiger partial charge < -0.3 is 10.2 Å². The van der Waals surface area contributed by atoms with Crippen molar-refractivity contribution in [3.05, 3.63) is 35.4 Å². The van der Waals surface area contributed by atoms with E-state index < -0.39 is 11.6 Å². The third-order valence-electron chi connectivity index (χ3n) is 5.63. The zero-order chi connectivity index (χ0) is 19.9. The number of halogens is 2. The highest BCUT2D eigenvalue weighted by Gasteiger charge is 2.34. The van der Waals surface area contributed by atoms with Gasteiger partial charge in [0, 0.05) is 44.2 Å². The van der Waals surface area contributed by atoms with Gasteiger partial charge in [-0.3, -0.25) is 14.5 Å². The van der Waals surface area contributed by atoms with Gasteiger partial charge in [0.2, 0.25) is 11.8 Å². The van der Waals surface area contributed by atoms with Crippen LogP contribution in [0.1, 0.15) is 50.5 Å². The summed E-state index contributed by atoms with van der Waals surface area (Å²) >= 11 is 0. The van der Waals surface area contributed by atoms with E-state index in [0.29, 0.717) is 38.2 Å². The quantitative estimate of drug-likeness (QED) is 0.859. The summed E-state index contributed by atoms with van der Waals surface area (Å²) in [7, 11) is 0. The smallest absolute Gasteiger partial charge is 0.239 e. The molecule has 0 aromatic heterocycles. The van der Waals surface area contributed by atoms with Gasteiger partial charge in [-0.1, -0.05) is 18.9 Å². The molecule has 1 aromatic rings. The fourth-order valence-corrected chi connectivity index (χ4v) is 4.04. The summed E-state index contributed by atoms with van der Waals surface area (Å²) in [6.07, 6.45) is 5.89. The largest absolute Gasteiger partial charge is 0.356 e. The Balaban J connectivity index is 1.66. The maximum Gasteiger partial charge on any atom is 0.239 e. The highest BCUT2D eigenvalue weighted by Crippen LogP contribution is 2.24. The molecule has 3 rings (SSSR count). The molecule has 5 nitrogen and oxygen atoms in total. The normalized spacial score (nSPS) is 22.6. The van der Waals surface area contributed by atoms with Crippen LogP contribution in [0.4, 0.5) is 8.78 Å². The molecule has 154 valence electrons. The van der Waals surface area contributed by atoms with E-state index in [4.69, 9.17) is 0 Å². The second kappa shape index (κ2) is 9.96. The molecule has 7 heteroatoms. The molecule has 2 saturated heterocycles. The molecule has 2 heterocycles. The summed E-state index contributed by atoms with van der Waals surface area (Å²) < 4.78 is 27.2. The zero-order valence-corrected chi connectivity index (χ0v) is 16.3. The van der Waals surface area contributed by atoms with Crippen LogP contribution in [0.25, 0.3) is 0 Å². The Morgan fingerprint density at radius 1 is 1.07 bits per heavy atom. The summed E-state index contributed by atoms with van der Waals surface area (Å²) in [5.41, 5.74) is 0.401. The molecule has 2 fully saturated rings. The summed E-state index contributed by atoms with van der Waals surface area (Å²) in [5.74, 6) is -1.18. The van der Waals surface area contributed by atoms with Gasteiger partial charge in [-0.15, -0.1) is 0 Å². The Kier molecular flexibility index (Phi) is 7.36. The minimum absolute atomic E-state index is 0.0173. The van der Waals surface area contributed by atoms with Gasteiger partial charge in [-0.2, -0.15) is 0 Å². The van der Waals surface area contributed by atoms with Crippen LogP contribution in [0, 0.1) is 11.6 Å². The van der Waals surface area contributed by atoms with E-state index in [1.807, 2.05) is 4.90 Å². The monoisotopic (exact) mass is 393 g/mol. The van der Waals surface area contributed by atoms with Crippen LogP contribution in [-0.4, -0.2) is 53.8 Å². The Labute approximate surface area is 165 Å².